The number of piperidine rings is 1. The van der Waals surface area contributed by atoms with Crippen molar-refractivity contribution >= 4 is 18.0 Å². The van der Waals surface area contributed by atoms with Crippen molar-refractivity contribution in [2.75, 3.05) is 32.5 Å². The maximum Gasteiger partial charge on any atom is 0.410 e. The second-order valence-corrected chi connectivity index (χ2v) is 4.89. The molecule has 4 nitrogen and oxygen atoms in total. The Labute approximate surface area is 95.1 Å². The van der Waals surface area contributed by atoms with E-state index in [0.29, 0.717) is 12.6 Å². The minimum atomic E-state index is -0.108. The Morgan fingerprint density at radius 3 is 2.67 bits per heavy atom. The summed E-state index contributed by atoms with van der Waals surface area (Å²) >= 11 is 1.79. The van der Waals surface area contributed by atoms with Gasteiger partial charge in [0.05, 0.1) is 6.61 Å². The highest BCUT2D eigenvalue weighted by atomic mass is 32.2. The molecule has 0 atom stereocenters. The summed E-state index contributed by atoms with van der Waals surface area (Å²) in [4.78, 5) is 13.4. The average Bonchev–Trinajstić information content (AvgIpc) is 2.30. The smallest absolute Gasteiger partial charge is 0.410 e. The van der Waals surface area contributed by atoms with E-state index in [9.17, 15) is 4.79 Å². The molecule has 0 spiro atoms. The maximum absolute atomic E-state index is 11.5. The summed E-state index contributed by atoms with van der Waals surface area (Å²) in [6.45, 7) is 3.63. The van der Waals surface area contributed by atoms with E-state index in [1.807, 2.05) is 4.90 Å². The topological polar surface area (TPSA) is 32.8 Å². The Kier molecular flexibility index (Phi) is 3.75. The van der Waals surface area contributed by atoms with Crippen LogP contribution in [0.1, 0.15) is 19.3 Å². The first-order valence-corrected chi connectivity index (χ1v) is 6.72. The van der Waals surface area contributed by atoms with E-state index >= 15 is 0 Å². The molecule has 15 heavy (non-hydrogen) atoms. The monoisotopic (exact) mass is 230 g/mol. The molecule has 2 fully saturated rings. The standard InChI is InChI=1S/C10H18N2O2S/c1-15-11-6-3-9(4-7-11)12-5-2-8-14-10(12)13/h9H,2-8H2,1H3. The Morgan fingerprint density at radius 1 is 1.33 bits per heavy atom. The van der Waals surface area contributed by atoms with Gasteiger partial charge < -0.3 is 9.64 Å². The summed E-state index contributed by atoms with van der Waals surface area (Å²) in [6, 6.07) is 0.404. The summed E-state index contributed by atoms with van der Waals surface area (Å²) in [5.41, 5.74) is 0. The molecule has 2 aliphatic heterocycles. The minimum absolute atomic E-state index is 0.108. The third-order valence-electron chi connectivity index (χ3n) is 3.13. The third-order valence-corrected chi connectivity index (χ3v) is 4.01. The van der Waals surface area contributed by atoms with Gasteiger partial charge in [-0.15, -0.1) is 0 Å². The number of rotatable bonds is 2. The lowest BCUT2D eigenvalue weighted by atomic mass is 10.0. The molecule has 0 aliphatic carbocycles. The molecule has 2 heterocycles. The van der Waals surface area contributed by atoms with Crippen LogP contribution in [0.3, 0.4) is 0 Å². The van der Waals surface area contributed by atoms with Crippen molar-refractivity contribution in [3.05, 3.63) is 0 Å². The lowest BCUT2D eigenvalue weighted by Crippen LogP contribution is -2.48. The van der Waals surface area contributed by atoms with Crippen molar-refractivity contribution in [3.8, 4) is 0 Å². The van der Waals surface area contributed by atoms with Crippen molar-refractivity contribution in [2.45, 2.75) is 25.3 Å². The van der Waals surface area contributed by atoms with Gasteiger partial charge in [0, 0.05) is 25.7 Å². The Bertz CT molecular complexity index is 229. The molecular weight excluding hydrogens is 212 g/mol. The van der Waals surface area contributed by atoms with Gasteiger partial charge in [0.1, 0.15) is 0 Å². The highest BCUT2D eigenvalue weighted by molar-refractivity contribution is 7.96. The molecule has 0 unspecified atom stereocenters. The van der Waals surface area contributed by atoms with Crippen LogP contribution in [0.5, 0.6) is 0 Å². The lowest BCUT2D eigenvalue weighted by Gasteiger charge is -2.38. The number of carbonyl (C=O) groups is 1. The summed E-state index contributed by atoms with van der Waals surface area (Å²) in [5.74, 6) is 0. The fourth-order valence-corrected chi connectivity index (χ4v) is 2.81. The number of amides is 1. The predicted octanol–water partition coefficient (Wildman–Crippen LogP) is 1.57. The highest BCUT2D eigenvalue weighted by Gasteiger charge is 2.30. The van der Waals surface area contributed by atoms with Gasteiger partial charge in [0.25, 0.3) is 0 Å². The minimum Gasteiger partial charge on any atom is -0.449 e. The third kappa shape index (κ3) is 2.58. The van der Waals surface area contributed by atoms with E-state index in [0.717, 1.165) is 38.9 Å². The SMILES string of the molecule is CSN1CCC(N2CCCOC2=O)CC1. The Hall–Kier alpha value is -0.420. The van der Waals surface area contributed by atoms with Crippen LogP contribution in [0.2, 0.25) is 0 Å². The van der Waals surface area contributed by atoms with Gasteiger partial charge in [0.2, 0.25) is 0 Å². The molecule has 0 aromatic rings. The van der Waals surface area contributed by atoms with Crippen molar-refractivity contribution < 1.29 is 9.53 Å². The van der Waals surface area contributed by atoms with Gasteiger partial charge in [-0.25, -0.2) is 4.79 Å². The van der Waals surface area contributed by atoms with E-state index in [1.54, 1.807) is 11.9 Å². The predicted molar refractivity (Wildman–Crippen MR) is 60.8 cm³/mol. The number of cyclic esters (lactones) is 1. The van der Waals surface area contributed by atoms with Crippen molar-refractivity contribution in [2.24, 2.45) is 0 Å². The summed E-state index contributed by atoms with van der Waals surface area (Å²) in [5, 5.41) is 0. The van der Waals surface area contributed by atoms with Crippen LogP contribution in [0.25, 0.3) is 0 Å². The first-order chi connectivity index (χ1) is 7.31. The van der Waals surface area contributed by atoms with Crippen LogP contribution in [-0.4, -0.2) is 53.8 Å². The number of hydrogen-bond donors (Lipinski definition) is 0. The van der Waals surface area contributed by atoms with Crippen LogP contribution in [0.15, 0.2) is 0 Å². The van der Waals surface area contributed by atoms with Crippen LogP contribution >= 0.6 is 11.9 Å². The molecular formula is C10H18N2O2S. The normalized spacial score (nSPS) is 25.4. The number of ether oxygens (including phenoxy) is 1. The first kappa shape index (κ1) is 11.1. The lowest BCUT2D eigenvalue weighted by molar-refractivity contribution is 0.0448. The summed E-state index contributed by atoms with van der Waals surface area (Å²) in [6.07, 6.45) is 5.14. The molecule has 0 aromatic carbocycles. The molecule has 1 amide bonds. The van der Waals surface area contributed by atoms with E-state index in [2.05, 4.69) is 10.6 Å². The fourth-order valence-electron chi connectivity index (χ4n) is 2.24. The van der Waals surface area contributed by atoms with Crippen molar-refractivity contribution in [1.29, 1.82) is 0 Å². The van der Waals surface area contributed by atoms with Crippen LogP contribution in [0.4, 0.5) is 4.79 Å². The summed E-state index contributed by atoms with van der Waals surface area (Å²) in [7, 11) is 0. The molecule has 86 valence electrons. The molecule has 0 aromatic heterocycles. The molecule has 0 radical (unpaired) electrons. The van der Waals surface area contributed by atoms with Gasteiger partial charge in [-0.1, -0.05) is 11.9 Å². The molecule has 5 heteroatoms. The molecule has 2 rings (SSSR count). The van der Waals surface area contributed by atoms with E-state index in [4.69, 9.17) is 4.74 Å². The zero-order valence-electron chi connectivity index (χ0n) is 9.15. The van der Waals surface area contributed by atoms with Crippen molar-refractivity contribution in [3.63, 3.8) is 0 Å². The van der Waals surface area contributed by atoms with Crippen LogP contribution in [-0.2, 0) is 4.74 Å². The number of carbonyl (C=O) groups excluding carboxylic acids is 1. The second kappa shape index (κ2) is 5.07. The van der Waals surface area contributed by atoms with E-state index in [1.165, 1.54) is 0 Å². The van der Waals surface area contributed by atoms with Crippen LogP contribution in [0, 0.1) is 0 Å². The molecule has 0 bridgehead atoms. The zero-order valence-corrected chi connectivity index (χ0v) is 9.96. The molecule has 2 aliphatic rings. The second-order valence-electron chi connectivity index (χ2n) is 4.00. The summed E-state index contributed by atoms with van der Waals surface area (Å²) < 4.78 is 7.42. The van der Waals surface area contributed by atoms with Gasteiger partial charge >= 0.3 is 6.09 Å². The first-order valence-electron chi connectivity index (χ1n) is 5.53. The van der Waals surface area contributed by atoms with E-state index < -0.39 is 0 Å². The van der Waals surface area contributed by atoms with Gasteiger partial charge in [0.15, 0.2) is 0 Å². The fraction of sp³-hybridized carbons (Fsp3) is 0.900. The Balaban J connectivity index is 1.86. The molecule has 0 saturated carbocycles. The quantitative estimate of drug-likeness (QED) is 0.674. The molecule has 2 saturated heterocycles. The van der Waals surface area contributed by atoms with Crippen LogP contribution < -0.4 is 0 Å². The maximum atomic E-state index is 11.5. The number of hydrogen-bond acceptors (Lipinski definition) is 4. The van der Waals surface area contributed by atoms with E-state index in [-0.39, 0.29) is 6.09 Å². The number of nitrogens with zero attached hydrogens (tertiary/aromatic N) is 2. The van der Waals surface area contributed by atoms with Gasteiger partial charge in [-0.05, 0) is 25.5 Å². The molecule has 0 N–H and O–H groups in total. The Morgan fingerprint density at radius 2 is 2.07 bits per heavy atom. The zero-order chi connectivity index (χ0) is 10.7. The average molecular weight is 230 g/mol. The highest BCUT2D eigenvalue weighted by Crippen LogP contribution is 2.22. The largest absolute Gasteiger partial charge is 0.449 e. The van der Waals surface area contributed by atoms with Gasteiger partial charge in [-0.2, -0.15) is 0 Å². The van der Waals surface area contributed by atoms with Crippen molar-refractivity contribution in [1.82, 2.24) is 9.21 Å². The van der Waals surface area contributed by atoms with Gasteiger partial charge in [-0.3, -0.25) is 4.31 Å².